The van der Waals surface area contributed by atoms with Crippen LogP contribution in [0.4, 0.5) is 11.4 Å². The molecule has 0 aliphatic carbocycles. The minimum Gasteiger partial charge on any atom is -0.368 e. The smallest absolute Gasteiger partial charge is 0.356 e. The Morgan fingerprint density at radius 3 is 2.08 bits per heavy atom. The zero-order valence-corrected chi connectivity index (χ0v) is 14.7. The van der Waals surface area contributed by atoms with E-state index < -0.39 is 18.3 Å². The molecule has 0 heterocycles. The molecule has 0 radical (unpaired) electrons. The van der Waals surface area contributed by atoms with Gasteiger partial charge in [-0.05, 0) is 29.8 Å². The Labute approximate surface area is 144 Å². The molecule has 0 saturated heterocycles. The third-order valence-corrected chi connectivity index (χ3v) is 5.72. The summed E-state index contributed by atoms with van der Waals surface area (Å²) < 4.78 is 23.1. The molecule has 1 atom stereocenters. The van der Waals surface area contributed by atoms with E-state index in [1.165, 1.54) is 38.5 Å². The summed E-state index contributed by atoms with van der Waals surface area (Å²) in [5.41, 5.74) is 1.14. The van der Waals surface area contributed by atoms with Gasteiger partial charge in [0.2, 0.25) is 0 Å². The molecule has 0 aliphatic heterocycles. The number of benzene rings is 2. The highest BCUT2D eigenvalue weighted by molar-refractivity contribution is 7.54. The normalized spacial score (nSPS) is 12.6. The fraction of sp³-hybridized carbons (Fsp3) is 0.200. The standard InChI is InChI=1S/C15H16ClN2O5P/c1-22-24(21,23-2)15(11-3-5-12(16)6-4-11)17-13-7-9-14(10-8-13)18(19)20/h3-10,15,17H,1-2H3/t15-/m0/s1. The Balaban J connectivity index is 2.37. The zero-order chi connectivity index (χ0) is 17.7. The molecule has 1 N–H and O–H groups in total. The highest BCUT2D eigenvalue weighted by atomic mass is 35.5. The van der Waals surface area contributed by atoms with Crippen LogP contribution >= 0.6 is 19.2 Å². The first kappa shape index (κ1) is 18.4. The van der Waals surface area contributed by atoms with Crippen molar-refractivity contribution in [3.63, 3.8) is 0 Å². The van der Waals surface area contributed by atoms with E-state index in [0.717, 1.165) is 0 Å². The van der Waals surface area contributed by atoms with Crippen molar-refractivity contribution in [1.82, 2.24) is 0 Å². The Hall–Kier alpha value is -1.92. The molecule has 2 aromatic rings. The van der Waals surface area contributed by atoms with Crippen LogP contribution in [0.25, 0.3) is 0 Å². The van der Waals surface area contributed by atoms with Crippen LogP contribution in [0.3, 0.4) is 0 Å². The van der Waals surface area contributed by atoms with Crippen LogP contribution < -0.4 is 5.32 Å². The Morgan fingerprint density at radius 2 is 1.62 bits per heavy atom. The van der Waals surface area contributed by atoms with Crippen LogP contribution in [0.1, 0.15) is 11.3 Å². The fourth-order valence-electron chi connectivity index (χ4n) is 2.11. The van der Waals surface area contributed by atoms with Crippen molar-refractivity contribution in [2.75, 3.05) is 19.5 Å². The molecule has 0 aliphatic rings. The molecule has 0 spiro atoms. The van der Waals surface area contributed by atoms with Gasteiger partial charge in [0.05, 0.1) is 4.92 Å². The Kier molecular flexibility index (Phi) is 5.96. The summed E-state index contributed by atoms with van der Waals surface area (Å²) in [7, 11) is -0.920. The van der Waals surface area contributed by atoms with Gasteiger partial charge in [0.15, 0.2) is 5.78 Å². The average molecular weight is 371 g/mol. The second-order valence-corrected chi connectivity index (χ2v) is 7.57. The molecule has 9 heteroatoms. The summed E-state index contributed by atoms with van der Waals surface area (Å²) in [4.78, 5) is 10.2. The number of rotatable bonds is 7. The van der Waals surface area contributed by atoms with Crippen molar-refractivity contribution in [1.29, 1.82) is 0 Å². The summed E-state index contributed by atoms with van der Waals surface area (Å²) in [5, 5.41) is 14.3. The molecular formula is C15H16ClN2O5P. The summed E-state index contributed by atoms with van der Waals surface area (Å²) in [6, 6.07) is 12.5. The van der Waals surface area contributed by atoms with Gasteiger partial charge in [-0.2, -0.15) is 0 Å². The number of nitro groups is 1. The Morgan fingerprint density at radius 1 is 1.08 bits per heavy atom. The molecule has 128 valence electrons. The minimum atomic E-state index is -3.51. The van der Waals surface area contributed by atoms with Crippen molar-refractivity contribution in [2.24, 2.45) is 0 Å². The SMILES string of the molecule is COP(=O)(OC)[C@H](Nc1ccc([N+](=O)[O-])cc1)c1ccc(Cl)cc1. The van der Waals surface area contributed by atoms with E-state index in [2.05, 4.69) is 5.32 Å². The van der Waals surface area contributed by atoms with Crippen LogP contribution in [0.2, 0.25) is 5.02 Å². The summed E-state index contributed by atoms with van der Waals surface area (Å²) in [5.74, 6) is -0.800. The van der Waals surface area contributed by atoms with Gasteiger partial charge in [0, 0.05) is 37.1 Å². The topological polar surface area (TPSA) is 90.7 Å². The van der Waals surface area contributed by atoms with Crippen LogP contribution in [0.15, 0.2) is 48.5 Å². The third-order valence-electron chi connectivity index (χ3n) is 3.39. The molecule has 2 rings (SSSR count). The molecule has 0 aromatic heterocycles. The lowest BCUT2D eigenvalue weighted by atomic mass is 10.2. The lowest BCUT2D eigenvalue weighted by molar-refractivity contribution is -0.384. The predicted molar refractivity (Wildman–Crippen MR) is 92.5 cm³/mol. The van der Waals surface area contributed by atoms with Gasteiger partial charge in [0.25, 0.3) is 5.69 Å². The lowest BCUT2D eigenvalue weighted by Gasteiger charge is -2.26. The van der Waals surface area contributed by atoms with Crippen molar-refractivity contribution in [3.8, 4) is 0 Å². The first-order chi connectivity index (χ1) is 11.4. The molecule has 0 fully saturated rings. The highest BCUT2D eigenvalue weighted by Crippen LogP contribution is 2.59. The quantitative estimate of drug-likeness (QED) is 0.426. The van der Waals surface area contributed by atoms with Gasteiger partial charge in [0.1, 0.15) is 0 Å². The molecule has 0 amide bonds. The number of non-ortho nitro benzene ring substituents is 1. The molecule has 0 unspecified atom stereocenters. The molecule has 7 nitrogen and oxygen atoms in total. The van der Waals surface area contributed by atoms with Crippen LogP contribution in [-0.4, -0.2) is 19.1 Å². The third kappa shape index (κ3) is 4.13. The van der Waals surface area contributed by atoms with E-state index in [1.54, 1.807) is 24.3 Å². The van der Waals surface area contributed by atoms with Gasteiger partial charge in [-0.25, -0.2) is 0 Å². The maximum absolute atomic E-state index is 12.9. The number of hydrogen-bond acceptors (Lipinski definition) is 6. The number of anilines is 1. The number of nitrogens with one attached hydrogen (secondary N) is 1. The Bertz CT molecular complexity index is 743. The second kappa shape index (κ2) is 7.77. The number of hydrogen-bond donors (Lipinski definition) is 1. The highest BCUT2D eigenvalue weighted by Gasteiger charge is 2.35. The van der Waals surface area contributed by atoms with Crippen molar-refractivity contribution in [2.45, 2.75) is 5.78 Å². The van der Waals surface area contributed by atoms with E-state index in [0.29, 0.717) is 16.3 Å². The van der Waals surface area contributed by atoms with Gasteiger partial charge in [-0.15, -0.1) is 0 Å². The summed E-state index contributed by atoms with van der Waals surface area (Å²) >= 11 is 5.89. The zero-order valence-electron chi connectivity index (χ0n) is 13.0. The molecule has 2 aromatic carbocycles. The van der Waals surface area contributed by atoms with Crippen molar-refractivity contribution >= 4 is 30.6 Å². The van der Waals surface area contributed by atoms with Crippen molar-refractivity contribution in [3.05, 3.63) is 69.2 Å². The average Bonchev–Trinajstić information content (AvgIpc) is 2.60. The van der Waals surface area contributed by atoms with Crippen molar-refractivity contribution < 1.29 is 18.5 Å². The summed E-state index contributed by atoms with van der Waals surface area (Å²) in [6.45, 7) is 0. The maximum atomic E-state index is 12.9. The second-order valence-electron chi connectivity index (χ2n) is 4.81. The number of halogens is 1. The van der Waals surface area contributed by atoms with E-state index in [1.807, 2.05) is 0 Å². The number of nitro benzene ring substituents is 1. The molecular weight excluding hydrogens is 355 g/mol. The van der Waals surface area contributed by atoms with Gasteiger partial charge in [-0.3, -0.25) is 14.7 Å². The lowest BCUT2D eigenvalue weighted by Crippen LogP contribution is -2.13. The van der Waals surface area contributed by atoms with Gasteiger partial charge >= 0.3 is 7.60 Å². The largest absolute Gasteiger partial charge is 0.368 e. The van der Waals surface area contributed by atoms with Crippen LogP contribution in [-0.2, 0) is 13.6 Å². The fourth-order valence-corrected chi connectivity index (χ4v) is 3.65. The monoisotopic (exact) mass is 370 g/mol. The van der Waals surface area contributed by atoms with E-state index in [-0.39, 0.29) is 5.69 Å². The minimum absolute atomic E-state index is 0.0368. The molecule has 0 bridgehead atoms. The van der Waals surface area contributed by atoms with Gasteiger partial charge < -0.3 is 14.4 Å². The van der Waals surface area contributed by atoms with E-state index >= 15 is 0 Å². The van der Waals surface area contributed by atoms with E-state index in [9.17, 15) is 14.7 Å². The first-order valence-electron chi connectivity index (χ1n) is 6.87. The summed E-state index contributed by atoms with van der Waals surface area (Å²) in [6.07, 6.45) is 0. The first-order valence-corrected chi connectivity index (χ1v) is 8.86. The predicted octanol–water partition coefficient (Wildman–Crippen LogP) is 4.84. The van der Waals surface area contributed by atoms with Crippen LogP contribution in [0, 0.1) is 10.1 Å². The van der Waals surface area contributed by atoms with Gasteiger partial charge in [-0.1, -0.05) is 23.7 Å². The maximum Gasteiger partial charge on any atom is 0.356 e. The van der Waals surface area contributed by atoms with E-state index in [4.69, 9.17) is 20.6 Å². The van der Waals surface area contributed by atoms with Crippen LogP contribution in [0.5, 0.6) is 0 Å². The number of nitrogens with zero attached hydrogens (tertiary/aromatic N) is 1. The molecule has 0 saturated carbocycles. The molecule has 24 heavy (non-hydrogen) atoms.